The van der Waals surface area contributed by atoms with Crippen LogP contribution in [0.2, 0.25) is 0 Å². The molecule has 0 saturated carbocycles. The van der Waals surface area contributed by atoms with Crippen LogP contribution in [0.3, 0.4) is 0 Å². The van der Waals surface area contributed by atoms with Crippen molar-refractivity contribution in [1.29, 1.82) is 0 Å². The molecule has 0 aliphatic heterocycles. The summed E-state index contributed by atoms with van der Waals surface area (Å²) in [6.07, 6.45) is -1.77. The average molecular weight is 307 g/mol. The van der Waals surface area contributed by atoms with Crippen LogP contribution in [0.4, 0.5) is 17.6 Å². The lowest BCUT2D eigenvalue weighted by atomic mass is 10.1. The third-order valence-electron chi connectivity index (χ3n) is 2.91. The van der Waals surface area contributed by atoms with E-state index in [-0.39, 0.29) is 13.2 Å². The predicted molar refractivity (Wildman–Crippen MR) is 69.3 cm³/mol. The van der Waals surface area contributed by atoms with E-state index in [1.165, 1.54) is 0 Å². The molecule has 0 radical (unpaired) electrons. The molecule has 0 unspecified atom stereocenters. The number of nitrogens with one attached hydrogen (secondary N) is 1. The molecule has 0 saturated heterocycles. The number of amides is 1. The minimum atomic E-state index is -4.62. The fourth-order valence-corrected chi connectivity index (χ4v) is 1.76. The molecule has 1 aromatic rings. The average Bonchev–Trinajstić information content (AvgIpc) is 2.41. The van der Waals surface area contributed by atoms with Gasteiger partial charge < -0.3 is 10.4 Å². The number of carbonyl (C=O) groups is 1. The summed E-state index contributed by atoms with van der Waals surface area (Å²) in [5.74, 6) is -1.85. The summed E-state index contributed by atoms with van der Waals surface area (Å²) in [6.45, 7) is 0.349. The fraction of sp³-hybridized carbons (Fsp3) is 0.500. The highest BCUT2D eigenvalue weighted by Crippen LogP contribution is 2.30. The summed E-state index contributed by atoms with van der Waals surface area (Å²) in [7, 11) is 0. The largest absolute Gasteiger partial charge is 0.416 e. The quantitative estimate of drug-likeness (QED) is 0.600. The maximum Gasteiger partial charge on any atom is 0.416 e. The first kappa shape index (κ1) is 17.4. The van der Waals surface area contributed by atoms with Gasteiger partial charge in [-0.3, -0.25) is 4.79 Å². The second kappa shape index (κ2) is 7.97. The van der Waals surface area contributed by atoms with E-state index in [1.54, 1.807) is 0 Å². The topological polar surface area (TPSA) is 49.3 Å². The second-order valence-corrected chi connectivity index (χ2v) is 4.59. The van der Waals surface area contributed by atoms with Crippen molar-refractivity contribution in [3.63, 3.8) is 0 Å². The molecule has 21 heavy (non-hydrogen) atoms. The smallest absolute Gasteiger partial charge is 0.396 e. The molecule has 2 N–H and O–H groups in total. The van der Waals surface area contributed by atoms with Crippen LogP contribution in [0.25, 0.3) is 0 Å². The summed E-state index contributed by atoms with van der Waals surface area (Å²) in [5, 5.41) is 11.0. The molecule has 1 aromatic carbocycles. The zero-order valence-electron chi connectivity index (χ0n) is 11.3. The number of carbonyl (C=O) groups excluding carboxylic acids is 1. The summed E-state index contributed by atoms with van der Waals surface area (Å²) in [6, 6.07) is 1.75. The van der Waals surface area contributed by atoms with Gasteiger partial charge in [0.2, 0.25) is 0 Å². The molecule has 3 nitrogen and oxygen atoms in total. The number of unbranched alkanes of at least 4 members (excludes halogenated alkanes) is 3. The Hall–Kier alpha value is -1.63. The molecule has 0 heterocycles. The summed E-state index contributed by atoms with van der Waals surface area (Å²) < 4.78 is 51.0. The van der Waals surface area contributed by atoms with Gasteiger partial charge in [0.1, 0.15) is 5.82 Å². The number of benzene rings is 1. The van der Waals surface area contributed by atoms with Crippen LogP contribution in [0.1, 0.15) is 41.6 Å². The van der Waals surface area contributed by atoms with Crippen molar-refractivity contribution >= 4 is 5.91 Å². The molecular weight excluding hydrogens is 290 g/mol. The van der Waals surface area contributed by atoms with E-state index in [9.17, 15) is 22.4 Å². The summed E-state index contributed by atoms with van der Waals surface area (Å²) in [4.78, 5) is 11.7. The minimum Gasteiger partial charge on any atom is -0.396 e. The molecule has 118 valence electrons. The van der Waals surface area contributed by atoms with Crippen LogP contribution in [0.15, 0.2) is 18.2 Å². The second-order valence-electron chi connectivity index (χ2n) is 4.59. The van der Waals surface area contributed by atoms with Crippen LogP contribution in [-0.4, -0.2) is 24.2 Å². The highest BCUT2D eigenvalue weighted by Gasteiger charge is 2.31. The molecule has 1 amide bonds. The molecule has 0 aromatic heterocycles. The zero-order valence-corrected chi connectivity index (χ0v) is 11.3. The van der Waals surface area contributed by atoms with Gasteiger partial charge in [0.25, 0.3) is 5.91 Å². The van der Waals surface area contributed by atoms with E-state index in [1.807, 2.05) is 0 Å². The summed E-state index contributed by atoms with van der Waals surface area (Å²) >= 11 is 0. The fourth-order valence-electron chi connectivity index (χ4n) is 1.76. The zero-order chi connectivity index (χ0) is 15.9. The van der Waals surface area contributed by atoms with Crippen molar-refractivity contribution in [2.24, 2.45) is 0 Å². The molecule has 0 spiro atoms. The van der Waals surface area contributed by atoms with E-state index in [0.29, 0.717) is 31.0 Å². The number of aliphatic hydroxyl groups is 1. The van der Waals surface area contributed by atoms with E-state index >= 15 is 0 Å². The van der Waals surface area contributed by atoms with E-state index in [2.05, 4.69) is 5.32 Å². The Bertz CT molecular complexity index is 475. The van der Waals surface area contributed by atoms with Gasteiger partial charge in [0.05, 0.1) is 11.1 Å². The first-order chi connectivity index (χ1) is 9.86. The molecule has 0 aliphatic carbocycles. The summed E-state index contributed by atoms with van der Waals surface area (Å²) in [5.41, 5.74) is -1.67. The highest BCUT2D eigenvalue weighted by molar-refractivity contribution is 5.94. The van der Waals surface area contributed by atoms with Crippen LogP contribution >= 0.6 is 0 Å². The number of alkyl halides is 3. The Morgan fingerprint density at radius 3 is 2.43 bits per heavy atom. The van der Waals surface area contributed by atoms with Crippen LogP contribution in [-0.2, 0) is 6.18 Å². The van der Waals surface area contributed by atoms with Crippen molar-refractivity contribution in [2.45, 2.75) is 31.9 Å². The van der Waals surface area contributed by atoms with Crippen molar-refractivity contribution in [2.75, 3.05) is 13.2 Å². The van der Waals surface area contributed by atoms with Gasteiger partial charge in [0, 0.05) is 13.2 Å². The van der Waals surface area contributed by atoms with Crippen LogP contribution in [0.5, 0.6) is 0 Å². The van der Waals surface area contributed by atoms with Crippen LogP contribution in [0, 0.1) is 5.82 Å². The molecule has 0 aliphatic rings. The van der Waals surface area contributed by atoms with Crippen molar-refractivity contribution < 1.29 is 27.5 Å². The normalized spacial score (nSPS) is 11.5. The van der Waals surface area contributed by atoms with E-state index in [0.717, 1.165) is 12.8 Å². The first-order valence-electron chi connectivity index (χ1n) is 6.62. The molecule has 1 rings (SSSR count). The van der Waals surface area contributed by atoms with Gasteiger partial charge in [-0.25, -0.2) is 4.39 Å². The molecule has 0 bridgehead atoms. The van der Waals surface area contributed by atoms with Gasteiger partial charge in [-0.15, -0.1) is 0 Å². The minimum absolute atomic E-state index is 0.0990. The lowest BCUT2D eigenvalue weighted by Gasteiger charge is -2.10. The van der Waals surface area contributed by atoms with Crippen molar-refractivity contribution in [3.05, 3.63) is 35.1 Å². The Morgan fingerprint density at radius 2 is 1.81 bits per heavy atom. The third-order valence-corrected chi connectivity index (χ3v) is 2.91. The molecule has 7 heteroatoms. The monoisotopic (exact) mass is 307 g/mol. The Balaban J connectivity index is 2.57. The predicted octanol–water partition coefficient (Wildman–Crippen LogP) is 3.13. The first-order valence-corrected chi connectivity index (χ1v) is 6.62. The van der Waals surface area contributed by atoms with Gasteiger partial charge in [-0.2, -0.15) is 13.2 Å². The van der Waals surface area contributed by atoms with Gasteiger partial charge in [0.15, 0.2) is 0 Å². The molecule has 0 fully saturated rings. The Morgan fingerprint density at radius 1 is 1.14 bits per heavy atom. The Labute approximate surface area is 120 Å². The van der Waals surface area contributed by atoms with Crippen molar-refractivity contribution in [1.82, 2.24) is 5.32 Å². The SMILES string of the molecule is O=C(NCCCCCCO)c1cc(C(F)(F)F)ccc1F. The Kier molecular flexibility index (Phi) is 6.61. The highest BCUT2D eigenvalue weighted by atomic mass is 19.4. The maximum atomic E-state index is 13.4. The van der Waals surface area contributed by atoms with E-state index < -0.39 is 29.0 Å². The van der Waals surface area contributed by atoms with Gasteiger partial charge in [-0.1, -0.05) is 12.8 Å². The third kappa shape index (κ3) is 5.71. The van der Waals surface area contributed by atoms with E-state index in [4.69, 9.17) is 5.11 Å². The lowest BCUT2D eigenvalue weighted by molar-refractivity contribution is -0.137. The number of halogens is 4. The number of rotatable bonds is 7. The number of hydrogen-bond donors (Lipinski definition) is 2. The van der Waals surface area contributed by atoms with Crippen LogP contribution < -0.4 is 5.32 Å². The lowest BCUT2D eigenvalue weighted by Crippen LogP contribution is -2.26. The van der Waals surface area contributed by atoms with Crippen molar-refractivity contribution in [3.8, 4) is 0 Å². The number of hydrogen-bond acceptors (Lipinski definition) is 2. The number of aliphatic hydroxyl groups excluding tert-OH is 1. The van der Waals surface area contributed by atoms with Gasteiger partial charge in [-0.05, 0) is 31.0 Å². The van der Waals surface area contributed by atoms with Gasteiger partial charge >= 0.3 is 6.18 Å². The molecule has 0 atom stereocenters. The maximum absolute atomic E-state index is 13.4. The standard InChI is InChI=1S/C14H17F4NO2/c15-12-6-5-10(14(16,17)18)9-11(12)13(21)19-7-3-1-2-4-8-20/h5-6,9,20H,1-4,7-8H2,(H,19,21). The molecular formula is C14H17F4NO2.